The van der Waals surface area contributed by atoms with E-state index < -0.39 is 0 Å². The lowest BCUT2D eigenvalue weighted by atomic mass is 10.1. The Morgan fingerprint density at radius 3 is 1.37 bits per heavy atom. The SMILES string of the molecule is c1cc(-c2nc(-c3ccc(-c4nc5ccccc5o4)cc3)nc(-c3ccc(-c4nc5ccccc5o4)cc3)n2)cc(-c2nc3ccccc3s2)c1. The van der Waals surface area contributed by atoms with Crippen molar-refractivity contribution < 1.29 is 8.83 Å². The molecule has 0 saturated carbocycles. The maximum absolute atomic E-state index is 6.01. The predicted octanol–water partition coefficient (Wildman–Crippen LogP) is 10.8. The van der Waals surface area contributed by atoms with Crippen LogP contribution < -0.4 is 0 Å². The molecule has 0 aliphatic rings. The summed E-state index contributed by atoms with van der Waals surface area (Å²) >= 11 is 1.67. The molecule has 4 heterocycles. The van der Waals surface area contributed by atoms with Gasteiger partial charge in [-0.1, -0.05) is 78.9 Å². The van der Waals surface area contributed by atoms with Crippen LogP contribution in [-0.4, -0.2) is 29.9 Å². The molecule has 0 N–H and O–H groups in total. The molecule has 4 aromatic heterocycles. The first kappa shape index (κ1) is 29.1. The molecule has 0 amide bonds. The lowest BCUT2D eigenvalue weighted by Gasteiger charge is -2.09. The second kappa shape index (κ2) is 11.9. The molecule has 8 nitrogen and oxygen atoms in total. The summed E-state index contributed by atoms with van der Waals surface area (Å²) in [4.78, 5) is 29.2. The summed E-state index contributed by atoms with van der Waals surface area (Å²) in [7, 11) is 0. The van der Waals surface area contributed by atoms with E-state index in [0.717, 1.165) is 70.8 Å². The maximum Gasteiger partial charge on any atom is 0.227 e. The first-order chi connectivity index (χ1) is 25.2. The Kier molecular flexibility index (Phi) is 6.81. The van der Waals surface area contributed by atoms with Crippen LogP contribution in [0.25, 0.3) is 100 Å². The molecule has 6 aromatic carbocycles. The van der Waals surface area contributed by atoms with Gasteiger partial charge in [0.1, 0.15) is 16.0 Å². The summed E-state index contributed by atoms with van der Waals surface area (Å²) < 4.78 is 13.2. The number of nitrogens with zero attached hydrogens (tertiary/aromatic N) is 6. The third kappa shape index (κ3) is 5.42. The van der Waals surface area contributed by atoms with Crippen LogP contribution in [0.15, 0.2) is 154 Å². The van der Waals surface area contributed by atoms with Crippen molar-refractivity contribution in [3.63, 3.8) is 0 Å². The minimum absolute atomic E-state index is 0.549. The summed E-state index contributed by atoms with van der Waals surface area (Å²) in [6, 6.07) is 47.7. The number of aromatic nitrogens is 6. The van der Waals surface area contributed by atoms with Crippen LogP contribution in [0.3, 0.4) is 0 Å². The fourth-order valence-electron chi connectivity index (χ4n) is 6.07. The average molecular weight is 677 g/mol. The summed E-state index contributed by atoms with van der Waals surface area (Å²) in [5.41, 5.74) is 9.38. The molecule has 10 rings (SSSR count). The predicted molar refractivity (Wildman–Crippen MR) is 201 cm³/mol. The molecule has 240 valence electrons. The lowest BCUT2D eigenvalue weighted by molar-refractivity contribution is 0.619. The zero-order chi connectivity index (χ0) is 33.7. The second-order valence-corrected chi connectivity index (χ2v) is 13.0. The molecule has 0 aliphatic heterocycles. The van der Waals surface area contributed by atoms with Crippen molar-refractivity contribution in [1.82, 2.24) is 29.9 Å². The number of oxazole rings is 2. The number of benzene rings is 6. The fraction of sp³-hybridized carbons (Fsp3) is 0. The standard InChI is InChI=1S/C42H24N6O2S/c1-4-13-34-31(10-1)43-40(49-34)27-20-16-25(17-21-27)37-46-38(26-18-22-28(23-19-26)41-44-32-11-2-5-14-35(32)50-41)48-39(47-37)29-8-7-9-30(24-29)42-45-33-12-3-6-15-36(33)51-42/h1-24H. The van der Waals surface area contributed by atoms with Crippen LogP contribution in [0, 0.1) is 0 Å². The number of hydrogen-bond donors (Lipinski definition) is 0. The molecule has 0 unspecified atom stereocenters. The third-order valence-electron chi connectivity index (χ3n) is 8.66. The Balaban J connectivity index is 1.05. The van der Waals surface area contributed by atoms with E-state index in [1.165, 1.54) is 0 Å². The Bertz CT molecular complexity index is 2640. The van der Waals surface area contributed by atoms with Crippen LogP contribution in [0.4, 0.5) is 0 Å². The Morgan fingerprint density at radius 1 is 0.353 bits per heavy atom. The van der Waals surface area contributed by atoms with Gasteiger partial charge in [0.05, 0.1) is 10.2 Å². The van der Waals surface area contributed by atoms with Crippen LogP contribution in [0.5, 0.6) is 0 Å². The number of para-hydroxylation sites is 5. The third-order valence-corrected chi connectivity index (χ3v) is 9.75. The van der Waals surface area contributed by atoms with Gasteiger partial charge in [0, 0.05) is 33.4 Å². The quantitative estimate of drug-likeness (QED) is 0.171. The zero-order valence-corrected chi connectivity index (χ0v) is 27.6. The van der Waals surface area contributed by atoms with Gasteiger partial charge < -0.3 is 8.83 Å². The van der Waals surface area contributed by atoms with Crippen molar-refractivity contribution in [3.05, 3.63) is 146 Å². The van der Waals surface area contributed by atoms with E-state index in [1.54, 1.807) is 11.3 Å². The first-order valence-electron chi connectivity index (χ1n) is 16.4. The van der Waals surface area contributed by atoms with Gasteiger partial charge in [0.2, 0.25) is 11.8 Å². The highest BCUT2D eigenvalue weighted by molar-refractivity contribution is 7.21. The normalized spacial score (nSPS) is 11.5. The maximum atomic E-state index is 6.01. The van der Waals surface area contributed by atoms with E-state index >= 15 is 0 Å². The minimum atomic E-state index is 0.549. The van der Waals surface area contributed by atoms with E-state index in [1.807, 2.05) is 127 Å². The van der Waals surface area contributed by atoms with Gasteiger partial charge in [-0.05, 0) is 66.7 Å². The Hall–Kier alpha value is -6.84. The van der Waals surface area contributed by atoms with Crippen LogP contribution in [-0.2, 0) is 0 Å². The van der Waals surface area contributed by atoms with Gasteiger partial charge in [0.15, 0.2) is 28.6 Å². The van der Waals surface area contributed by atoms with Crippen molar-refractivity contribution >= 4 is 43.8 Å². The van der Waals surface area contributed by atoms with E-state index in [-0.39, 0.29) is 0 Å². The van der Waals surface area contributed by atoms with Gasteiger partial charge >= 0.3 is 0 Å². The number of fused-ring (bicyclic) bond motifs is 3. The van der Waals surface area contributed by atoms with E-state index in [9.17, 15) is 0 Å². The van der Waals surface area contributed by atoms with Gasteiger partial charge in [-0.25, -0.2) is 29.9 Å². The molecule has 0 atom stereocenters. The summed E-state index contributed by atoms with van der Waals surface area (Å²) in [6.45, 7) is 0. The monoisotopic (exact) mass is 676 g/mol. The highest BCUT2D eigenvalue weighted by atomic mass is 32.1. The van der Waals surface area contributed by atoms with E-state index in [4.69, 9.17) is 28.8 Å². The Morgan fingerprint density at radius 2 is 0.824 bits per heavy atom. The molecule has 0 aliphatic carbocycles. The minimum Gasteiger partial charge on any atom is -0.436 e. The molecule has 0 fully saturated rings. The smallest absolute Gasteiger partial charge is 0.227 e. The fourth-order valence-corrected chi connectivity index (χ4v) is 7.03. The average Bonchev–Trinajstić information content (AvgIpc) is 3.95. The molecule has 9 heteroatoms. The van der Waals surface area contributed by atoms with Crippen LogP contribution >= 0.6 is 11.3 Å². The first-order valence-corrected chi connectivity index (χ1v) is 17.2. The second-order valence-electron chi connectivity index (χ2n) is 12.0. The van der Waals surface area contributed by atoms with E-state index in [2.05, 4.69) is 28.2 Å². The van der Waals surface area contributed by atoms with Gasteiger partial charge in [-0.3, -0.25) is 0 Å². The summed E-state index contributed by atoms with van der Waals surface area (Å²) in [6.07, 6.45) is 0. The molecule has 0 bridgehead atoms. The molecule has 0 spiro atoms. The van der Waals surface area contributed by atoms with E-state index in [0.29, 0.717) is 29.3 Å². The van der Waals surface area contributed by atoms with Crippen molar-refractivity contribution in [3.8, 4) is 67.6 Å². The Labute approximate surface area is 294 Å². The molecular formula is C42H24N6O2S. The summed E-state index contributed by atoms with van der Waals surface area (Å²) in [5, 5.41) is 0.942. The molecule has 0 radical (unpaired) electrons. The highest BCUT2D eigenvalue weighted by Gasteiger charge is 2.16. The van der Waals surface area contributed by atoms with Gasteiger partial charge in [-0.2, -0.15) is 0 Å². The zero-order valence-electron chi connectivity index (χ0n) is 26.8. The van der Waals surface area contributed by atoms with Crippen molar-refractivity contribution in [2.75, 3.05) is 0 Å². The van der Waals surface area contributed by atoms with Crippen molar-refractivity contribution in [1.29, 1.82) is 0 Å². The van der Waals surface area contributed by atoms with Crippen LogP contribution in [0.1, 0.15) is 0 Å². The van der Waals surface area contributed by atoms with Crippen molar-refractivity contribution in [2.24, 2.45) is 0 Å². The van der Waals surface area contributed by atoms with Gasteiger partial charge in [0.25, 0.3) is 0 Å². The lowest BCUT2D eigenvalue weighted by Crippen LogP contribution is -2.00. The largest absolute Gasteiger partial charge is 0.436 e. The van der Waals surface area contributed by atoms with Crippen molar-refractivity contribution in [2.45, 2.75) is 0 Å². The molecular weight excluding hydrogens is 653 g/mol. The molecule has 51 heavy (non-hydrogen) atoms. The van der Waals surface area contributed by atoms with Gasteiger partial charge in [-0.15, -0.1) is 11.3 Å². The topological polar surface area (TPSA) is 104 Å². The molecule has 10 aromatic rings. The van der Waals surface area contributed by atoms with Crippen LogP contribution in [0.2, 0.25) is 0 Å². The highest BCUT2D eigenvalue weighted by Crippen LogP contribution is 2.34. The molecule has 0 saturated heterocycles. The number of hydrogen-bond acceptors (Lipinski definition) is 9. The number of thiazole rings is 1. The summed E-state index contributed by atoms with van der Waals surface area (Å²) in [5.74, 6) is 2.78. The number of rotatable bonds is 6.